The molecule has 0 saturated carbocycles. The standard InChI is InChI=1S/C16H21N5OS/c1-12-4-2-6-14(20-12)21-15(22)8-10-19-16(17)18-9-7-13-5-3-11-23-13/h2-6,11H,7-10H2,1H3,(H3,17,18,19)(H,20,21,22). The van der Waals surface area contributed by atoms with Gasteiger partial charge in [-0.3, -0.25) is 9.79 Å². The number of thiophene rings is 1. The maximum absolute atomic E-state index is 11.8. The lowest BCUT2D eigenvalue weighted by Gasteiger charge is -2.07. The number of aliphatic imine (C=N–C) groups is 1. The SMILES string of the molecule is Cc1cccc(NC(=O)CCNC(N)=NCCc2cccs2)n1. The van der Waals surface area contributed by atoms with Crippen LogP contribution >= 0.6 is 11.3 Å². The highest BCUT2D eigenvalue weighted by atomic mass is 32.1. The predicted molar refractivity (Wildman–Crippen MR) is 94.7 cm³/mol. The molecule has 6 nitrogen and oxygen atoms in total. The second-order valence-electron chi connectivity index (χ2n) is 4.99. The van der Waals surface area contributed by atoms with E-state index >= 15 is 0 Å². The third-order valence-electron chi connectivity index (χ3n) is 3.03. The molecule has 23 heavy (non-hydrogen) atoms. The minimum Gasteiger partial charge on any atom is -0.370 e. The van der Waals surface area contributed by atoms with Crippen LogP contribution in [0.1, 0.15) is 17.0 Å². The molecular formula is C16H21N5OS. The topological polar surface area (TPSA) is 92.4 Å². The van der Waals surface area contributed by atoms with E-state index in [2.05, 4.69) is 26.7 Å². The Kier molecular flexibility index (Phi) is 6.56. The lowest BCUT2D eigenvalue weighted by Crippen LogP contribution is -2.34. The maximum Gasteiger partial charge on any atom is 0.227 e. The van der Waals surface area contributed by atoms with Crippen LogP contribution in [0.4, 0.5) is 5.82 Å². The molecule has 7 heteroatoms. The molecular weight excluding hydrogens is 310 g/mol. The average molecular weight is 331 g/mol. The van der Waals surface area contributed by atoms with E-state index in [1.165, 1.54) is 4.88 Å². The number of amides is 1. The van der Waals surface area contributed by atoms with E-state index in [-0.39, 0.29) is 5.91 Å². The molecule has 0 radical (unpaired) electrons. The van der Waals surface area contributed by atoms with E-state index in [1.54, 1.807) is 17.4 Å². The van der Waals surface area contributed by atoms with Gasteiger partial charge in [-0.05, 0) is 30.5 Å². The largest absolute Gasteiger partial charge is 0.370 e. The summed E-state index contributed by atoms with van der Waals surface area (Å²) in [4.78, 5) is 21.5. The Morgan fingerprint density at radius 1 is 1.35 bits per heavy atom. The third kappa shape index (κ3) is 6.48. The third-order valence-corrected chi connectivity index (χ3v) is 3.97. The normalized spacial score (nSPS) is 11.3. The van der Waals surface area contributed by atoms with Crippen molar-refractivity contribution in [1.29, 1.82) is 0 Å². The highest BCUT2D eigenvalue weighted by Gasteiger charge is 2.03. The summed E-state index contributed by atoms with van der Waals surface area (Å²) < 4.78 is 0. The van der Waals surface area contributed by atoms with Gasteiger partial charge in [0.15, 0.2) is 5.96 Å². The first kappa shape index (κ1) is 17.0. The number of guanidine groups is 1. The Labute approximate surface area is 139 Å². The number of nitrogens with two attached hydrogens (primary N) is 1. The monoisotopic (exact) mass is 331 g/mol. The zero-order valence-corrected chi connectivity index (χ0v) is 13.9. The highest BCUT2D eigenvalue weighted by molar-refractivity contribution is 7.09. The summed E-state index contributed by atoms with van der Waals surface area (Å²) in [6.07, 6.45) is 1.18. The van der Waals surface area contributed by atoms with Gasteiger partial charge in [-0.2, -0.15) is 0 Å². The summed E-state index contributed by atoms with van der Waals surface area (Å²) >= 11 is 1.71. The molecule has 0 unspecified atom stereocenters. The Morgan fingerprint density at radius 3 is 2.96 bits per heavy atom. The van der Waals surface area contributed by atoms with Crippen LogP contribution in [0.2, 0.25) is 0 Å². The van der Waals surface area contributed by atoms with E-state index in [0.717, 1.165) is 12.1 Å². The molecule has 0 atom stereocenters. The molecule has 2 rings (SSSR count). The Hall–Kier alpha value is -2.41. The molecule has 0 spiro atoms. The summed E-state index contributed by atoms with van der Waals surface area (Å²) in [6.45, 7) is 2.95. The zero-order valence-electron chi connectivity index (χ0n) is 13.1. The fourth-order valence-corrected chi connectivity index (χ4v) is 2.62. The molecule has 1 amide bonds. The summed E-state index contributed by atoms with van der Waals surface area (Å²) in [5, 5.41) is 7.73. The quantitative estimate of drug-likeness (QED) is 0.534. The van der Waals surface area contributed by atoms with Crippen LogP contribution in [0.25, 0.3) is 0 Å². The van der Waals surface area contributed by atoms with Gasteiger partial charge >= 0.3 is 0 Å². The van der Waals surface area contributed by atoms with Gasteiger partial charge in [0.05, 0.1) is 0 Å². The van der Waals surface area contributed by atoms with Crippen molar-refractivity contribution < 1.29 is 4.79 Å². The van der Waals surface area contributed by atoms with Crippen molar-refractivity contribution in [1.82, 2.24) is 10.3 Å². The van der Waals surface area contributed by atoms with Gasteiger partial charge in [-0.1, -0.05) is 12.1 Å². The van der Waals surface area contributed by atoms with Gasteiger partial charge in [0, 0.05) is 36.5 Å². The first-order valence-corrected chi connectivity index (χ1v) is 8.31. The predicted octanol–water partition coefficient (Wildman–Crippen LogP) is 1.93. The molecule has 0 fully saturated rings. The number of carbonyl (C=O) groups excluding carboxylic acids is 1. The minimum atomic E-state index is -0.109. The molecule has 0 aromatic carbocycles. The molecule has 2 aromatic rings. The number of aryl methyl sites for hydroxylation is 1. The number of nitrogens with zero attached hydrogens (tertiary/aromatic N) is 2. The van der Waals surface area contributed by atoms with Gasteiger partial charge < -0.3 is 16.4 Å². The van der Waals surface area contributed by atoms with Crippen molar-refractivity contribution >= 4 is 29.0 Å². The van der Waals surface area contributed by atoms with Gasteiger partial charge in [0.1, 0.15) is 5.82 Å². The van der Waals surface area contributed by atoms with Crippen molar-refractivity contribution in [3.63, 3.8) is 0 Å². The molecule has 122 valence electrons. The molecule has 0 aliphatic rings. The van der Waals surface area contributed by atoms with Crippen molar-refractivity contribution in [3.05, 3.63) is 46.3 Å². The second kappa shape index (κ2) is 8.89. The molecule has 2 aromatic heterocycles. The van der Waals surface area contributed by atoms with Crippen LogP contribution in [0.5, 0.6) is 0 Å². The number of carbonyl (C=O) groups is 1. The van der Waals surface area contributed by atoms with Crippen molar-refractivity contribution in [3.8, 4) is 0 Å². The van der Waals surface area contributed by atoms with Crippen LogP contribution in [0.3, 0.4) is 0 Å². The van der Waals surface area contributed by atoms with Gasteiger partial charge in [0.25, 0.3) is 0 Å². The number of hydrogen-bond acceptors (Lipinski definition) is 4. The van der Waals surface area contributed by atoms with Crippen molar-refractivity contribution in [2.45, 2.75) is 19.8 Å². The number of anilines is 1. The number of rotatable bonds is 7. The first-order valence-electron chi connectivity index (χ1n) is 7.43. The summed E-state index contributed by atoms with van der Waals surface area (Å²) in [7, 11) is 0. The van der Waals surface area contributed by atoms with Crippen LogP contribution in [0.15, 0.2) is 40.7 Å². The molecule has 4 N–H and O–H groups in total. The molecule has 0 bridgehead atoms. The van der Waals surface area contributed by atoms with E-state index in [0.29, 0.717) is 31.3 Å². The summed E-state index contributed by atoms with van der Waals surface area (Å²) in [6, 6.07) is 9.60. The van der Waals surface area contributed by atoms with E-state index in [1.807, 2.05) is 30.5 Å². The Balaban J connectivity index is 1.64. The lowest BCUT2D eigenvalue weighted by molar-refractivity contribution is -0.116. The minimum absolute atomic E-state index is 0.109. The van der Waals surface area contributed by atoms with E-state index in [4.69, 9.17) is 5.73 Å². The van der Waals surface area contributed by atoms with Gasteiger partial charge in [-0.15, -0.1) is 11.3 Å². The summed E-state index contributed by atoms with van der Waals surface area (Å²) in [5.74, 6) is 0.817. The van der Waals surface area contributed by atoms with Gasteiger partial charge in [-0.25, -0.2) is 4.98 Å². The Bertz CT molecular complexity index is 654. The van der Waals surface area contributed by atoms with Crippen LogP contribution in [-0.4, -0.2) is 29.9 Å². The average Bonchev–Trinajstić information content (AvgIpc) is 3.00. The second-order valence-corrected chi connectivity index (χ2v) is 6.02. The smallest absolute Gasteiger partial charge is 0.227 e. The van der Waals surface area contributed by atoms with Crippen LogP contribution in [-0.2, 0) is 11.2 Å². The van der Waals surface area contributed by atoms with E-state index in [9.17, 15) is 4.79 Å². The number of aromatic nitrogens is 1. The maximum atomic E-state index is 11.8. The zero-order chi connectivity index (χ0) is 16.5. The fraction of sp³-hybridized carbons (Fsp3) is 0.312. The molecule has 2 heterocycles. The first-order chi connectivity index (χ1) is 11.1. The van der Waals surface area contributed by atoms with Crippen molar-refractivity contribution in [2.75, 3.05) is 18.4 Å². The number of nitrogens with one attached hydrogen (secondary N) is 2. The van der Waals surface area contributed by atoms with Crippen molar-refractivity contribution in [2.24, 2.45) is 10.7 Å². The molecule has 0 aliphatic heterocycles. The Morgan fingerprint density at radius 2 is 2.22 bits per heavy atom. The number of pyridine rings is 1. The highest BCUT2D eigenvalue weighted by Crippen LogP contribution is 2.08. The van der Waals surface area contributed by atoms with E-state index < -0.39 is 0 Å². The summed E-state index contributed by atoms with van der Waals surface area (Å²) in [5.41, 5.74) is 6.63. The lowest BCUT2D eigenvalue weighted by atomic mass is 10.3. The number of hydrogen-bond donors (Lipinski definition) is 3. The molecule has 0 saturated heterocycles. The molecule has 0 aliphatic carbocycles. The van der Waals surface area contributed by atoms with Crippen LogP contribution in [0, 0.1) is 6.92 Å². The van der Waals surface area contributed by atoms with Gasteiger partial charge in [0.2, 0.25) is 5.91 Å². The fourth-order valence-electron chi connectivity index (χ4n) is 1.92. The van der Waals surface area contributed by atoms with Crippen LogP contribution < -0.4 is 16.4 Å².